The van der Waals surface area contributed by atoms with Crippen molar-refractivity contribution in [2.24, 2.45) is 0 Å². The van der Waals surface area contributed by atoms with E-state index in [-0.39, 0.29) is 0 Å². The molecule has 2 rings (SSSR count). The second-order valence-corrected chi connectivity index (χ2v) is 4.86. The summed E-state index contributed by atoms with van der Waals surface area (Å²) in [6.45, 7) is 0. The van der Waals surface area contributed by atoms with Gasteiger partial charge in [0.2, 0.25) is 0 Å². The number of hydrogen-bond acceptors (Lipinski definition) is 3. The SMILES string of the molecule is COc1cc(-c2ccc(C=O)o2)c(I)cc1Cl. The Kier molecular flexibility index (Phi) is 3.73. The molecule has 0 aliphatic carbocycles. The number of halogens is 2. The van der Waals surface area contributed by atoms with E-state index in [0.717, 1.165) is 9.13 Å². The van der Waals surface area contributed by atoms with Crippen LogP contribution in [0.15, 0.2) is 28.7 Å². The zero-order valence-electron chi connectivity index (χ0n) is 8.87. The van der Waals surface area contributed by atoms with E-state index < -0.39 is 0 Å². The summed E-state index contributed by atoms with van der Waals surface area (Å²) in [6.07, 6.45) is 0.670. The highest BCUT2D eigenvalue weighted by Crippen LogP contribution is 2.35. The van der Waals surface area contributed by atoms with E-state index in [1.807, 2.05) is 0 Å². The van der Waals surface area contributed by atoms with Crippen LogP contribution < -0.4 is 4.74 Å². The van der Waals surface area contributed by atoms with Crippen molar-refractivity contribution in [2.75, 3.05) is 7.11 Å². The fourth-order valence-corrected chi connectivity index (χ4v) is 2.59. The van der Waals surface area contributed by atoms with Gasteiger partial charge in [-0.05, 0) is 46.9 Å². The molecule has 88 valence electrons. The number of carbonyl (C=O) groups is 1. The van der Waals surface area contributed by atoms with Gasteiger partial charge in [0.05, 0.1) is 12.1 Å². The number of hydrogen-bond donors (Lipinski definition) is 0. The summed E-state index contributed by atoms with van der Waals surface area (Å²) < 4.78 is 11.4. The first kappa shape index (κ1) is 12.4. The van der Waals surface area contributed by atoms with Crippen molar-refractivity contribution in [3.8, 4) is 17.1 Å². The third-order valence-electron chi connectivity index (χ3n) is 2.25. The van der Waals surface area contributed by atoms with Crippen LogP contribution in [0.25, 0.3) is 11.3 Å². The lowest BCUT2D eigenvalue weighted by Gasteiger charge is -2.07. The van der Waals surface area contributed by atoms with E-state index >= 15 is 0 Å². The van der Waals surface area contributed by atoms with Crippen LogP contribution in [-0.4, -0.2) is 13.4 Å². The Balaban J connectivity index is 2.54. The predicted molar refractivity (Wildman–Crippen MR) is 73.8 cm³/mol. The Labute approximate surface area is 117 Å². The first-order valence-electron chi connectivity index (χ1n) is 4.74. The van der Waals surface area contributed by atoms with Gasteiger partial charge in [-0.15, -0.1) is 0 Å². The minimum Gasteiger partial charge on any atom is -0.495 e. The van der Waals surface area contributed by atoms with Gasteiger partial charge in [0, 0.05) is 9.13 Å². The Bertz CT molecular complexity index is 563. The van der Waals surface area contributed by atoms with Crippen molar-refractivity contribution in [3.63, 3.8) is 0 Å². The maximum Gasteiger partial charge on any atom is 0.185 e. The summed E-state index contributed by atoms with van der Waals surface area (Å²) >= 11 is 8.16. The first-order valence-corrected chi connectivity index (χ1v) is 6.20. The molecule has 1 heterocycles. The molecular weight excluding hydrogens is 354 g/mol. The lowest BCUT2D eigenvalue weighted by atomic mass is 10.1. The summed E-state index contributed by atoms with van der Waals surface area (Å²) in [5, 5.41) is 0.544. The van der Waals surface area contributed by atoms with E-state index in [2.05, 4.69) is 22.6 Å². The summed E-state index contributed by atoms with van der Waals surface area (Å²) in [4.78, 5) is 10.6. The molecule has 1 aromatic carbocycles. The summed E-state index contributed by atoms with van der Waals surface area (Å²) in [5.41, 5.74) is 0.847. The van der Waals surface area contributed by atoms with E-state index in [0.29, 0.717) is 28.6 Å². The van der Waals surface area contributed by atoms with Gasteiger partial charge in [-0.3, -0.25) is 4.79 Å². The molecule has 0 atom stereocenters. The van der Waals surface area contributed by atoms with Crippen molar-refractivity contribution in [3.05, 3.63) is 38.6 Å². The molecule has 0 aliphatic heterocycles. The lowest BCUT2D eigenvalue weighted by molar-refractivity contribution is 0.110. The minimum absolute atomic E-state index is 0.296. The van der Waals surface area contributed by atoms with Crippen LogP contribution in [0.1, 0.15) is 10.6 Å². The molecule has 0 aliphatic rings. The highest BCUT2D eigenvalue weighted by molar-refractivity contribution is 14.1. The van der Waals surface area contributed by atoms with Crippen LogP contribution in [0.5, 0.6) is 5.75 Å². The Morgan fingerprint density at radius 1 is 1.41 bits per heavy atom. The van der Waals surface area contributed by atoms with E-state index in [1.54, 1.807) is 31.4 Å². The fraction of sp³-hybridized carbons (Fsp3) is 0.0833. The number of aldehydes is 1. The second-order valence-electron chi connectivity index (χ2n) is 3.29. The molecule has 0 unspecified atom stereocenters. The largest absolute Gasteiger partial charge is 0.495 e. The molecule has 0 saturated carbocycles. The van der Waals surface area contributed by atoms with Gasteiger partial charge in [-0.2, -0.15) is 0 Å². The Morgan fingerprint density at radius 2 is 2.18 bits per heavy atom. The highest BCUT2D eigenvalue weighted by atomic mass is 127. The van der Waals surface area contributed by atoms with Crippen molar-refractivity contribution in [1.82, 2.24) is 0 Å². The maximum atomic E-state index is 10.6. The van der Waals surface area contributed by atoms with Gasteiger partial charge in [0.15, 0.2) is 12.0 Å². The number of rotatable bonds is 3. The maximum absolute atomic E-state index is 10.6. The van der Waals surface area contributed by atoms with Gasteiger partial charge in [0.25, 0.3) is 0 Å². The van der Waals surface area contributed by atoms with Gasteiger partial charge in [0.1, 0.15) is 11.5 Å². The molecule has 0 spiro atoms. The molecule has 0 N–H and O–H groups in total. The molecule has 0 bridgehead atoms. The Hall–Kier alpha value is -1.01. The number of carbonyl (C=O) groups excluding carboxylic acids is 1. The molecule has 0 saturated heterocycles. The molecular formula is C12H8ClIO3. The van der Waals surface area contributed by atoms with Crippen molar-refractivity contribution < 1.29 is 13.9 Å². The van der Waals surface area contributed by atoms with Gasteiger partial charge >= 0.3 is 0 Å². The van der Waals surface area contributed by atoms with Gasteiger partial charge < -0.3 is 9.15 Å². The molecule has 3 nitrogen and oxygen atoms in total. The third-order valence-corrected chi connectivity index (χ3v) is 3.44. The summed E-state index contributed by atoms with van der Waals surface area (Å²) in [6, 6.07) is 6.95. The van der Waals surface area contributed by atoms with Crippen LogP contribution in [-0.2, 0) is 0 Å². The average molecular weight is 363 g/mol. The molecule has 5 heteroatoms. The molecule has 17 heavy (non-hydrogen) atoms. The zero-order chi connectivity index (χ0) is 12.4. The number of ether oxygens (including phenoxy) is 1. The fourth-order valence-electron chi connectivity index (χ4n) is 1.44. The molecule has 0 amide bonds. The number of furan rings is 1. The van der Waals surface area contributed by atoms with Crippen LogP contribution in [0.3, 0.4) is 0 Å². The van der Waals surface area contributed by atoms with E-state index in [9.17, 15) is 4.79 Å². The minimum atomic E-state index is 0.296. The van der Waals surface area contributed by atoms with Gasteiger partial charge in [-0.1, -0.05) is 11.6 Å². The quantitative estimate of drug-likeness (QED) is 0.611. The van der Waals surface area contributed by atoms with Crippen LogP contribution in [0.4, 0.5) is 0 Å². The standard InChI is InChI=1S/C12H8ClIO3/c1-16-12-4-8(10(14)5-9(12)13)11-3-2-7(6-15)17-11/h2-6H,1H3. The number of benzene rings is 1. The van der Waals surface area contributed by atoms with Crippen molar-refractivity contribution in [1.29, 1.82) is 0 Å². The molecule has 1 aromatic heterocycles. The van der Waals surface area contributed by atoms with Crippen LogP contribution >= 0.6 is 34.2 Å². The normalized spacial score (nSPS) is 10.3. The van der Waals surface area contributed by atoms with Crippen molar-refractivity contribution in [2.45, 2.75) is 0 Å². The molecule has 2 aromatic rings. The summed E-state index contributed by atoms with van der Waals surface area (Å²) in [5.74, 6) is 1.49. The summed E-state index contributed by atoms with van der Waals surface area (Å²) in [7, 11) is 1.55. The van der Waals surface area contributed by atoms with E-state index in [4.69, 9.17) is 20.8 Å². The smallest absolute Gasteiger partial charge is 0.185 e. The number of methoxy groups -OCH3 is 1. The van der Waals surface area contributed by atoms with E-state index in [1.165, 1.54) is 0 Å². The average Bonchev–Trinajstić information content (AvgIpc) is 2.78. The highest BCUT2D eigenvalue weighted by Gasteiger charge is 2.12. The molecule has 0 fully saturated rings. The monoisotopic (exact) mass is 362 g/mol. The second kappa shape index (κ2) is 5.10. The lowest BCUT2D eigenvalue weighted by Crippen LogP contribution is -1.88. The third kappa shape index (κ3) is 2.47. The zero-order valence-corrected chi connectivity index (χ0v) is 11.8. The van der Waals surface area contributed by atoms with Gasteiger partial charge in [-0.25, -0.2) is 0 Å². The molecule has 0 radical (unpaired) electrons. The topological polar surface area (TPSA) is 39.4 Å². The van der Waals surface area contributed by atoms with Crippen LogP contribution in [0, 0.1) is 3.57 Å². The van der Waals surface area contributed by atoms with Crippen molar-refractivity contribution >= 4 is 40.5 Å². The van der Waals surface area contributed by atoms with Crippen LogP contribution in [0.2, 0.25) is 5.02 Å². The Morgan fingerprint density at radius 3 is 2.76 bits per heavy atom. The first-order chi connectivity index (χ1) is 8.15. The predicted octanol–water partition coefficient (Wildman–Crippen LogP) is 4.03.